The Bertz CT molecular complexity index is 531. The summed E-state index contributed by atoms with van der Waals surface area (Å²) in [6.45, 7) is 5.63. The lowest BCUT2D eigenvalue weighted by atomic mass is 10.2. The average Bonchev–Trinajstić information content (AvgIpc) is 2.55. The summed E-state index contributed by atoms with van der Waals surface area (Å²) in [7, 11) is 0. The van der Waals surface area contributed by atoms with E-state index in [4.69, 9.17) is 4.74 Å². The number of hydrogen-bond acceptors (Lipinski definition) is 4. The van der Waals surface area contributed by atoms with Crippen molar-refractivity contribution in [3.8, 4) is 0 Å². The van der Waals surface area contributed by atoms with Crippen molar-refractivity contribution in [1.29, 1.82) is 0 Å². The Labute approximate surface area is 98.1 Å². The van der Waals surface area contributed by atoms with E-state index < -0.39 is 0 Å². The predicted molar refractivity (Wildman–Crippen MR) is 64.9 cm³/mol. The molecule has 0 spiro atoms. The molecule has 16 heavy (non-hydrogen) atoms. The Balaban J connectivity index is 2.35. The molecule has 0 aliphatic carbocycles. The molecule has 0 aliphatic heterocycles. The standard InChI is InChI=1S/C12H13NO2S/c1-7(2)15-12(14)9-4-5-11-10(6-9)13-8(3)16-11/h4-7H,1-3H3. The first kappa shape index (κ1) is 11.1. The molecular weight excluding hydrogens is 222 g/mol. The average molecular weight is 235 g/mol. The van der Waals surface area contributed by atoms with Gasteiger partial charge in [0.1, 0.15) is 0 Å². The summed E-state index contributed by atoms with van der Waals surface area (Å²) in [6, 6.07) is 5.48. The third-order valence-electron chi connectivity index (χ3n) is 2.07. The van der Waals surface area contributed by atoms with Crippen molar-refractivity contribution in [2.24, 2.45) is 0 Å². The van der Waals surface area contributed by atoms with E-state index in [1.807, 2.05) is 26.8 Å². The maximum atomic E-state index is 11.7. The minimum absolute atomic E-state index is 0.0969. The van der Waals surface area contributed by atoms with Crippen molar-refractivity contribution >= 4 is 27.5 Å². The van der Waals surface area contributed by atoms with E-state index in [1.54, 1.807) is 23.5 Å². The molecule has 2 rings (SSSR count). The summed E-state index contributed by atoms with van der Waals surface area (Å²) in [5.41, 5.74) is 1.42. The van der Waals surface area contributed by atoms with Crippen LogP contribution in [-0.2, 0) is 4.74 Å². The highest BCUT2D eigenvalue weighted by molar-refractivity contribution is 7.18. The van der Waals surface area contributed by atoms with E-state index >= 15 is 0 Å². The number of carbonyl (C=O) groups excluding carboxylic acids is 1. The van der Waals surface area contributed by atoms with Crippen LogP contribution in [0.2, 0.25) is 0 Å². The predicted octanol–water partition coefficient (Wildman–Crippen LogP) is 3.17. The lowest BCUT2D eigenvalue weighted by Gasteiger charge is -2.07. The third-order valence-corrected chi connectivity index (χ3v) is 3.02. The van der Waals surface area contributed by atoms with Crippen LogP contribution in [0.25, 0.3) is 10.2 Å². The van der Waals surface area contributed by atoms with E-state index in [9.17, 15) is 4.79 Å². The van der Waals surface area contributed by atoms with Crippen LogP contribution in [0, 0.1) is 6.92 Å². The molecule has 1 aromatic heterocycles. The first-order valence-corrected chi connectivity index (χ1v) is 5.96. The Morgan fingerprint density at radius 1 is 1.44 bits per heavy atom. The lowest BCUT2D eigenvalue weighted by molar-refractivity contribution is 0.0378. The number of aromatic nitrogens is 1. The van der Waals surface area contributed by atoms with E-state index in [1.165, 1.54) is 0 Å². The van der Waals surface area contributed by atoms with Gasteiger partial charge in [-0.25, -0.2) is 9.78 Å². The monoisotopic (exact) mass is 235 g/mol. The Kier molecular flexibility index (Phi) is 2.92. The number of esters is 1. The molecule has 0 saturated carbocycles. The van der Waals surface area contributed by atoms with Crippen LogP contribution in [0.1, 0.15) is 29.2 Å². The van der Waals surface area contributed by atoms with Gasteiger partial charge in [-0.2, -0.15) is 0 Å². The Morgan fingerprint density at radius 2 is 2.19 bits per heavy atom. The minimum atomic E-state index is -0.289. The van der Waals surface area contributed by atoms with Gasteiger partial charge in [0.05, 0.1) is 26.9 Å². The van der Waals surface area contributed by atoms with Gasteiger partial charge in [0.15, 0.2) is 0 Å². The van der Waals surface area contributed by atoms with Crippen molar-refractivity contribution in [2.45, 2.75) is 26.9 Å². The molecule has 3 nitrogen and oxygen atoms in total. The number of thiazole rings is 1. The number of fused-ring (bicyclic) bond motifs is 1. The van der Waals surface area contributed by atoms with Crippen LogP contribution in [0.5, 0.6) is 0 Å². The van der Waals surface area contributed by atoms with Crippen molar-refractivity contribution < 1.29 is 9.53 Å². The van der Waals surface area contributed by atoms with Gasteiger partial charge in [-0.1, -0.05) is 0 Å². The zero-order valence-electron chi connectivity index (χ0n) is 9.48. The third kappa shape index (κ3) is 2.22. The van der Waals surface area contributed by atoms with Crippen molar-refractivity contribution in [2.75, 3.05) is 0 Å². The number of carbonyl (C=O) groups is 1. The number of nitrogens with zero attached hydrogens (tertiary/aromatic N) is 1. The van der Waals surface area contributed by atoms with Crippen LogP contribution in [0.4, 0.5) is 0 Å². The zero-order chi connectivity index (χ0) is 11.7. The fourth-order valence-corrected chi connectivity index (χ4v) is 2.26. The lowest BCUT2D eigenvalue weighted by Crippen LogP contribution is -2.11. The molecule has 0 unspecified atom stereocenters. The second-order valence-electron chi connectivity index (χ2n) is 3.87. The first-order valence-electron chi connectivity index (χ1n) is 5.14. The van der Waals surface area contributed by atoms with E-state index in [2.05, 4.69) is 4.98 Å². The summed E-state index contributed by atoms with van der Waals surface area (Å²) in [5, 5.41) is 1.00. The van der Waals surface area contributed by atoms with Gasteiger partial charge < -0.3 is 4.74 Å². The second kappa shape index (κ2) is 4.22. The van der Waals surface area contributed by atoms with Crippen LogP contribution in [0.15, 0.2) is 18.2 Å². The Hall–Kier alpha value is -1.42. The molecule has 0 aliphatic rings. The highest BCUT2D eigenvalue weighted by Gasteiger charge is 2.10. The van der Waals surface area contributed by atoms with Crippen molar-refractivity contribution in [1.82, 2.24) is 4.98 Å². The molecule has 0 bridgehead atoms. The topological polar surface area (TPSA) is 39.2 Å². The van der Waals surface area contributed by atoms with Gasteiger partial charge in [-0.05, 0) is 39.0 Å². The van der Waals surface area contributed by atoms with Gasteiger partial charge in [0.25, 0.3) is 0 Å². The first-order chi connectivity index (χ1) is 7.56. The maximum absolute atomic E-state index is 11.7. The minimum Gasteiger partial charge on any atom is -0.459 e. The largest absolute Gasteiger partial charge is 0.459 e. The zero-order valence-corrected chi connectivity index (χ0v) is 10.3. The quantitative estimate of drug-likeness (QED) is 0.750. The van der Waals surface area contributed by atoms with Crippen molar-refractivity contribution in [3.63, 3.8) is 0 Å². The molecule has 1 aromatic carbocycles. The van der Waals surface area contributed by atoms with Crippen molar-refractivity contribution in [3.05, 3.63) is 28.8 Å². The second-order valence-corrected chi connectivity index (χ2v) is 5.10. The van der Waals surface area contributed by atoms with Gasteiger partial charge in [-0.15, -0.1) is 11.3 Å². The highest BCUT2D eigenvalue weighted by atomic mass is 32.1. The van der Waals surface area contributed by atoms with E-state index in [-0.39, 0.29) is 12.1 Å². The molecule has 2 aromatic rings. The maximum Gasteiger partial charge on any atom is 0.338 e. The molecular formula is C12H13NO2S. The van der Waals surface area contributed by atoms with E-state index in [0.29, 0.717) is 5.56 Å². The summed E-state index contributed by atoms with van der Waals surface area (Å²) in [5.74, 6) is -0.289. The van der Waals surface area contributed by atoms with Crippen LogP contribution < -0.4 is 0 Å². The highest BCUT2D eigenvalue weighted by Crippen LogP contribution is 2.22. The molecule has 0 radical (unpaired) electrons. The Morgan fingerprint density at radius 3 is 2.88 bits per heavy atom. The number of ether oxygens (including phenoxy) is 1. The van der Waals surface area contributed by atoms with E-state index in [0.717, 1.165) is 15.2 Å². The smallest absolute Gasteiger partial charge is 0.338 e. The molecule has 1 heterocycles. The number of benzene rings is 1. The fourth-order valence-electron chi connectivity index (χ4n) is 1.45. The molecule has 0 fully saturated rings. The fraction of sp³-hybridized carbons (Fsp3) is 0.333. The molecule has 0 saturated heterocycles. The van der Waals surface area contributed by atoms with Crippen LogP contribution in [0.3, 0.4) is 0 Å². The number of aryl methyl sites for hydroxylation is 1. The number of rotatable bonds is 2. The molecule has 0 atom stereocenters. The number of hydrogen-bond donors (Lipinski definition) is 0. The molecule has 84 valence electrons. The van der Waals surface area contributed by atoms with Gasteiger partial charge in [0, 0.05) is 0 Å². The summed E-state index contributed by atoms with van der Waals surface area (Å²) >= 11 is 1.62. The van der Waals surface area contributed by atoms with Gasteiger partial charge in [-0.3, -0.25) is 0 Å². The summed E-state index contributed by atoms with van der Waals surface area (Å²) in [4.78, 5) is 16.0. The van der Waals surface area contributed by atoms with Gasteiger partial charge in [0.2, 0.25) is 0 Å². The van der Waals surface area contributed by atoms with Crippen LogP contribution in [-0.4, -0.2) is 17.1 Å². The molecule has 0 N–H and O–H groups in total. The van der Waals surface area contributed by atoms with Crippen LogP contribution >= 0.6 is 11.3 Å². The molecule has 0 amide bonds. The SMILES string of the molecule is Cc1nc2cc(C(=O)OC(C)C)ccc2s1. The molecule has 4 heteroatoms. The van der Waals surface area contributed by atoms with Gasteiger partial charge >= 0.3 is 5.97 Å². The summed E-state index contributed by atoms with van der Waals surface area (Å²) < 4.78 is 6.22. The summed E-state index contributed by atoms with van der Waals surface area (Å²) in [6.07, 6.45) is -0.0969. The normalized spacial score (nSPS) is 11.0.